The van der Waals surface area contributed by atoms with Gasteiger partial charge in [0.05, 0.1) is 6.26 Å². The van der Waals surface area contributed by atoms with Crippen LogP contribution in [0.4, 0.5) is 0 Å². The number of hydrogen-bond donors (Lipinski definition) is 0. The summed E-state index contributed by atoms with van der Waals surface area (Å²) < 4.78 is 4.67. The zero-order valence-electron chi connectivity index (χ0n) is 3.85. The average Bonchev–Trinajstić information content (AvgIpc) is 1.61. The molecular formula is C4H8OSi. The van der Waals surface area contributed by atoms with E-state index in [0.717, 1.165) is 10.5 Å². The molecule has 0 heterocycles. The highest BCUT2D eigenvalue weighted by molar-refractivity contribution is 5.98. The predicted octanol–water partition coefficient (Wildman–Crippen LogP) is -0.0169. The van der Waals surface area contributed by atoms with Crippen molar-refractivity contribution >= 4 is 10.5 Å². The molecule has 0 aliphatic carbocycles. The Bertz CT molecular complexity index is 58.6. The summed E-state index contributed by atoms with van der Waals surface area (Å²) in [5.41, 5.74) is 0. The number of allylic oxidation sites excluding steroid dienone is 2. The van der Waals surface area contributed by atoms with Gasteiger partial charge in [-0.3, -0.25) is 0 Å². The maximum absolute atomic E-state index is 4.67. The monoisotopic (exact) mass is 100 g/mol. The van der Waals surface area contributed by atoms with E-state index in [0.29, 0.717) is 0 Å². The molecule has 1 nitrogen and oxygen atoms in total. The van der Waals surface area contributed by atoms with Gasteiger partial charge in [-0.05, 0) is 6.08 Å². The average molecular weight is 100 g/mol. The standard InChI is InChI=1S/C4H8OSi/c1-2-3-4-5-6/h2-4H,1H2,6H3/b4-3+. The normalized spacial score (nSPS) is 9.33. The Morgan fingerprint density at radius 1 is 1.67 bits per heavy atom. The maximum atomic E-state index is 4.67. The first kappa shape index (κ1) is 5.50. The topological polar surface area (TPSA) is 9.23 Å². The van der Waals surface area contributed by atoms with Crippen LogP contribution >= 0.6 is 0 Å². The van der Waals surface area contributed by atoms with Gasteiger partial charge in [0, 0.05) is 0 Å². The number of rotatable bonds is 2. The van der Waals surface area contributed by atoms with Gasteiger partial charge in [0.1, 0.15) is 0 Å². The quantitative estimate of drug-likeness (QED) is 0.269. The van der Waals surface area contributed by atoms with Crippen molar-refractivity contribution in [2.24, 2.45) is 0 Å². The highest BCUT2D eigenvalue weighted by Crippen LogP contribution is 1.68. The molecule has 0 spiro atoms. The molecule has 0 aromatic heterocycles. The molecule has 0 unspecified atom stereocenters. The fourth-order valence-electron chi connectivity index (χ4n) is 0.134. The zero-order valence-corrected chi connectivity index (χ0v) is 5.85. The summed E-state index contributed by atoms with van der Waals surface area (Å²) in [7, 11) is 0.769. The third-order valence-electron chi connectivity index (χ3n) is 0.351. The van der Waals surface area contributed by atoms with Gasteiger partial charge in [-0.15, -0.1) is 0 Å². The van der Waals surface area contributed by atoms with E-state index in [1.54, 1.807) is 18.4 Å². The van der Waals surface area contributed by atoms with Crippen LogP contribution in [0.3, 0.4) is 0 Å². The summed E-state index contributed by atoms with van der Waals surface area (Å²) >= 11 is 0. The van der Waals surface area contributed by atoms with Gasteiger partial charge in [-0.25, -0.2) is 0 Å². The molecule has 0 saturated heterocycles. The van der Waals surface area contributed by atoms with Crippen LogP contribution in [0.25, 0.3) is 0 Å². The Balaban J connectivity index is 2.94. The molecule has 0 rings (SSSR count). The summed E-state index contributed by atoms with van der Waals surface area (Å²) in [5, 5.41) is 0. The lowest BCUT2D eigenvalue weighted by atomic mass is 10.6. The minimum absolute atomic E-state index is 0.769. The van der Waals surface area contributed by atoms with Crippen LogP contribution in [0.15, 0.2) is 25.0 Å². The van der Waals surface area contributed by atoms with E-state index in [-0.39, 0.29) is 0 Å². The third-order valence-corrected chi connectivity index (χ3v) is 0.623. The maximum Gasteiger partial charge on any atom is 0.203 e. The van der Waals surface area contributed by atoms with Crippen molar-refractivity contribution in [3.05, 3.63) is 25.0 Å². The highest BCUT2D eigenvalue weighted by atomic mass is 28.2. The van der Waals surface area contributed by atoms with Crippen LogP contribution in [0.5, 0.6) is 0 Å². The van der Waals surface area contributed by atoms with E-state index >= 15 is 0 Å². The fraction of sp³-hybridized carbons (Fsp3) is 0. The molecule has 0 aromatic carbocycles. The molecule has 34 valence electrons. The summed E-state index contributed by atoms with van der Waals surface area (Å²) in [6, 6.07) is 0. The summed E-state index contributed by atoms with van der Waals surface area (Å²) in [6.45, 7) is 3.45. The van der Waals surface area contributed by atoms with Crippen LogP contribution in [-0.2, 0) is 4.43 Å². The molecule has 0 bridgehead atoms. The lowest BCUT2D eigenvalue weighted by molar-refractivity contribution is 0.535. The summed E-state index contributed by atoms with van der Waals surface area (Å²) in [6.07, 6.45) is 5.06. The number of hydrogen-bond acceptors (Lipinski definition) is 1. The third kappa shape index (κ3) is 3.50. The minimum atomic E-state index is 0.769. The second kappa shape index (κ2) is 4.50. The molecule has 0 radical (unpaired) electrons. The molecule has 6 heavy (non-hydrogen) atoms. The van der Waals surface area contributed by atoms with Crippen molar-refractivity contribution < 1.29 is 4.43 Å². The van der Waals surface area contributed by atoms with Crippen LogP contribution < -0.4 is 0 Å². The van der Waals surface area contributed by atoms with Gasteiger partial charge < -0.3 is 4.43 Å². The van der Waals surface area contributed by atoms with Crippen molar-refractivity contribution in [3.63, 3.8) is 0 Å². The Labute approximate surface area is 40.9 Å². The van der Waals surface area contributed by atoms with E-state index in [1.807, 2.05) is 0 Å². The fourth-order valence-corrected chi connectivity index (χ4v) is 0.291. The molecule has 2 heteroatoms. The van der Waals surface area contributed by atoms with Crippen molar-refractivity contribution in [3.8, 4) is 0 Å². The smallest absolute Gasteiger partial charge is 0.203 e. The predicted molar refractivity (Wildman–Crippen MR) is 30.4 cm³/mol. The van der Waals surface area contributed by atoms with E-state index in [2.05, 4.69) is 11.0 Å². The molecule has 0 saturated carbocycles. The molecule has 0 aliphatic rings. The molecule has 0 fully saturated rings. The van der Waals surface area contributed by atoms with Crippen LogP contribution in [-0.4, -0.2) is 10.5 Å². The minimum Gasteiger partial charge on any atom is -0.558 e. The van der Waals surface area contributed by atoms with Gasteiger partial charge in [-0.2, -0.15) is 0 Å². The summed E-state index contributed by atoms with van der Waals surface area (Å²) in [5.74, 6) is 0. The molecular weight excluding hydrogens is 92.1 g/mol. The van der Waals surface area contributed by atoms with Crippen molar-refractivity contribution in [1.29, 1.82) is 0 Å². The lowest BCUT2D eigenvalue weighted by Crippen LogP contribution is -1.62. The molecule has 0 atom stereocenters. The van der Waals surface area contributed by atoms with Crippen molar-refractivity contribution in [2.75, 3.05) is 0 Å². The Morgan fingerprint density at radius 3 is 2.50 bits per heavy atom. The Kier molecular flexibility index (Phi) is 4.12. The van der Waals surface area contributed by atoms with E-state index < -0.39 is 0 Å². The van der Waals surface area contributed by atoms with Crippen molar-refractivity contribution in [2.45, 2.75) is 0 Å². The Morgan fingerprint density at radius 2 is 2.33 bits per heavy atom. The summed E-state index contributed by atoms with van der Waals surface area (Å²) in [4.78, 5) is 0. The van der Waals surface area contributed by atoms with Crippen LogP contribution in [0.1, 0.15) is 0 Å². The van der Waals surface area contributed by atoms with Crippen molar-refractivity contribution in [1.82, 2.24) is 0 Å². The molecule has 0 amide bonds. The van der Waals surface area contributed by atoms with E-state index in [4.69, 9.17) is 0 Å². The zero-order chi connectivity index (χ0) is 4.83. The van der Waals surface area contributed by atoms with E-state index in [9.17, 15) is 0 Å². The first-order chi connectivity index (χ1) is 2.91. The van der Waals surface area contributed by atoms with Gasteiger partial charge in [-0.1, -0.05) is 12.7 Å². The van der Waals surface area contributed by atoms with Gasteiger partial charge in [0.2, 0.25) is 10.5 Å². The lowest BCUT2D eigenvalue weighted by Gasteiger charge is -1.79. The first-order valence-corrected chi connectivity index (χ1v) is 2.54. The highest BCUT2D eigenvalue weighted by Gasteiger charge is 1.51. The van der Waals surface area contributed by atoms with Gasteiger partial charge in [0.25, 0.3) is 0 Å². The largest absolute Gasteiger partial charge is 0.558 e. The first-order valence-electron chi connectivity index (χ1n) is 1.72. The molecule has 0 aliphatic heterocycles. The van der Waals surface area contributed by atoms with E-state index in [1.165, 1.54) is 0 Å². The second-order valence-corrected chi connectivity index (χ2v) is 1.27. The Hall–Kier alpha value is -0.503. The van der Waals surface area contributed by atoms with Gasteiger partial charge >= 0.3 is 0 Å². The SMILES string of the molecule is C=C/C=C/O[SiH3]. The van der Waals surface area contributed by atoms with Gasteiger partial charge in [0.15, 0.2) is 0 Å². The second-order valence-electron chi connectivity index (χ2n) is 0.800. The molecule has 0 N–H and O–H groups in total. The van der Waals surface area contributed by atoms with Crippen LogP contribution in [0.2, 0.25) is 0 Å². The van der Waals surface area contributed by atoms with Crippen LogP contribution in [0, 0.1) is 0 Å². The molecule has 0 aromatic rings.